The summed E-state index contributed by atoms with van der Waals surface area (Å²) < 4.78 is 5.75. The lowest BCUT2D eigenvalue weighted by Gasteiger charge is -2.47. The summed E-state index contributed by atoms with van der Waals surface area (Å²) >= 11 is 0. The van der Waals surface area contributed by atoms with E-state index < -0.39 is 11.0 Å². The Balaban J connectivity index is 1.68. The van der Waals surface area contributed by atoms with E-state index in [0.29, 0.717) is 13.0 Å². The van der Waals surface area contributed by atoms with Crippen molar-refractivity contribution < 1.29 is 14.3 Å². The molecule has 1 saturated carbocycles. The largest absolute Gasteiger partial charge is 0.443 e. The normalized spacial score (nSPS) is 29.5. The number of hydrogen-bond donors (Lipinski definition) is 0. The predicted molar refractivity (Wildman–Crippen MR) is 108 cm³/mol. The monoisotopic (exact) mass is 378 g/mol. The van der Waals surface area contributed by atoms with Gasteiger partial charge in [-0.2, -0.15) is 0 Å². The SMILES string of the molecule is CC(C)(C)OC(=O)N1c2ccccc2[C@]23CCN=C2C2(CC=CC2)C(=O)C[C@H]13. The number of rotatable bonds is 0. The summed E-state index contributed by atoms with van der Waals surface area (Å²) in [5.41, 5.74) is 1.53. The van der Waals surface area contributed by atoms with Crippen molar-refractivity contribution in [2.75, 3.05) is 11.4 Å². The van der Waals surface area contributed by atoms with Gasteiger partial charge in [-0.15, -0.1) is 0 Å². The number of allylic oxidation sites excluding steroid dienone is 2. The number of amides is 1. The fourth-order valence-electron chi connectivity index (χ4n) is 5.78. The maximum absolute atomic E-state index is 13.4. The Morgan fingerprint density at radius 1 is 1.21 bits per heavy atom. The molecule has 2 atom stereocenters. The van der Waals surface area contributed by atoms with Crippen LogP contribution in [-0.2, 0) is 14.9 Å². The van der Waals surface area contributed by atoms with Crippen molar-refractivity contribution >= 4 is 23.3 Å². The van der Waals surface area contributed by atoms with Gasteiger partial charge >= 0.3 is 6.09 Å². The summed E-state index contributed by atoms with van der Waals surface area (Å²) in [6.45, 7) is 6.32. The number of ether oxygens (including phenoxy) is 1. The molecule has 0 radical (unpaired) electrons. The van der Waals surface area contributed by atoms with Crippen molar-refractivity contribution in [2.24, 2.45) is 10.4 Å². The number of fused-ring (bicyclic) bond motifs is 2. The second-order valence-electron chi connectivity index (χ2n) is 9.42. The maximum Gasteiger partial charge on any atom is 0.415 e. The van der Waals surface area contributed by atoms with Gasteiger partial charge in [-0.3, -0.25) is 14.7 Å². The zero-order valence-electron chi connectivity index (χ0n) is 16.7. The fourth-order valence-corrected chi connectivity index (χ4v) is 5.78. The number of carbonyl (C=O) groups excluding carboxylic acids is 2. The molecule has 5 rings (SSSR count). The molecule has 0 saturated heterocycles. The van der Waals surface area contributed by atoms with Gasteiger partial charge in [0.2, 0.25) is 0 Å². The van der Waals surface area contributed by atoms with E-state index in [9.17, 15) is 9.59 Å². The number of hydrogen-bond acceptors (Lipinski definition) is 4. The fraction of sp³-hybridized carbons (Fsp3) is 0.522. The quantitative estimate of drug-likeness (QED) is 0.636. The second kappa shape index (κ2) is 5.56. The van der Waals surface area contributed by atoms with Gasteiger partial charge in [0, 0.05) is 18.7 Å². The van der Waals surface area contributed by atoms with Crippen LogP contribution in [0.15, 0.2) is 41.4 Å². The van der Waals surface area contributed by atoms with Crippen molar-refractivity contribution in [1.82, 2.24) is 0 Å². The van der Waals surface area contributed by atoms with Crippen molar-refractivity contribution in [3.05, 3.63) is 42.0 Å². The molecule has 1 aromatic rings. The van der Waals surface area contributed by atoms with E-state index in [0.717, 1.165) is 36.2 Å². The molecular formula is C23H26N2O3. The molecule has 1 amide bonds. The van der Waals surface area contributed by atoms with Crippen LogP contribution in [-0.4, -0.2) is 35.8 Å². The van der Waals surface area contributed by atoms with Gasteiger partial charge in [-0.25, -0.2) is 4.79 Å². The van der Waals surface area contributed by atoms with E-state index in [1.807, 2.05) is 39.0 Å². The maximum atomic E-state index is 13.4. The van der Waals surface area contributed by atoms with Crippen LogP contribution in [0.1, 0.15) is 52.0 Å². The Hall–Kier alpha value is -2.43. The number of aliphatic imine (C=N–C) groups is 1. The van der Waals surface area contributed by atoms with Crippen LogP contribution in [0.2, 0.25) is 0 Å². The molecular weight excluding hydrogens is 352 g/mol. The summed E-state index contributed by atoms with van der Waals surface area (Å²) in [6, 6.07) is 7.81. The third kappa shape index (κ3) is 2.10. The number of Topliss-reactive ketones (excluding diaryl/α,β-unsaturated/α-hetero) is 1. The Labute approximate surface area is 165 Å². The zero-order valence-corrected chi connectivity index (χ0v) is 16.7. The lowest BCUT2D eigenvalue weighted by Crippen LogP contribution is -2.62. The van der Waals surface area contributed by atoms with Gasteiger partial charge in [0.05, 0.1) is 22.6 Å². The summed E-state index contributed by atoms with van der Waals surface area (Å²) in [6.07, 6.45) is 6.51. The number of para-hydroxylation sites is 1. The molecule has 2 aliphatic heterocycles. The standard InChI is InChI=1S/C23H26N2O3/c1-21(2,3)28-20(27)25-16-9-5-4-8-15(16)23-12-13-24-19(23)22(10-6-7-11-22)18(26)14-17(23)25/h4-9,17H,10-14H2,1-3H3/t17-,23-/m0/s1. The average molecular weight is 378 g/mol. The smallest absolute Gasteiger partial charge is 0.415 e. The molecule has 4 aliphatic rings. The minimum atomic E-state index is -0.594. The highest BCUT2D eigenvalue weighted by Gasteiger charge is 2.67. The summed E-state index contributed by atoms with van der Waals surface area (Å²) in [5, 5.41) is 0. The molecule has 28 heavy (non-hydrogen) atoms. The topological polar surface area (TPSA) is 59.0 Å². The van der Waals surface area contributed by atoms with Crippen molar-refractivity contribution in [3.8, 4) is 0 Å². The van der Waals surface area contributed by atoms with Crippen LogP contribution in [0.4, 0.5) is 10.5 Å². The number of benzene rings is 1. The van der Waals surface area contributed by atoms with Crippen molar-refractivity contribution in [3.63, 3.8) is 0 Å². The first-order valence-electron chi connectivity index (χ1n) is 10.2. The molecule has 5 heteroatoms. The van der Waals surface area contributed by atoms with Crippen LogP contribution in [0.3, 0.4) is 0 Å². The first-order valence-corrected chi connectivity index (χ1v) is 10.2. The third-order valence-corrected chi connectivity index (χ3v) is 6.78. The lowest BCUT2D eigenvalue weighted by molar-refractivity contribution is -0.126. The number of ketones is 1. The van der Waals surface area contributed by atoms with Gasteiger partial charge in [-0.05, 0) is 51.7 Å². The summed E-state index contributed by atoms with van der Waals surface area (Å²) in [5.74, 6) is 0.208. The minimum absolute atomic E-state index is 0.208. The molecule has 5 nitrogen and oxygen atoms in total. The van der Waals surface area contributed by atoms with E-state index in [4.69, 9.17) is 9.73 Å². The van der Waals surface area contributed by atoms with E-state index >= 15 is 0 Å². The highest BCUT2D eigenvalue weighted by molar-refractivity contribution is 6.21. The molecule has 2 aliphatic carbocycles. The average Bonchev–Trinajstić information content (AvgIpc) is 3.33. The molecule has 2 heterocycles. The third-order valence-electron chi connectivity index (χ3n) is 6.78. The van der Waals surface area contributed by atoms with Gasteiger partial charge in [0.1, 0.15) is 11.4 Å². The minimum Gasteiger partial charge on any atom is -0.443 e. The predicted octanol–water partition coefficient (Wildman–Crippen LogP) is 4.20. The number of nitrogens with zero attached hydrogens (tertiary/aromatic N) is 2. The van der Waals surface area contributed by atoms with E-state index in [1.54, 1.807) is 4.90 Å². The molecule has 0 bridgehead atoms. The highest BCUT2D eigenvalue weighted by Crippen LogP contribution is 2.60. The lowest BCUT2D eigenvalue weighted by atomic mass is 9.55. The Bertz CT molecular complexity index is 931. The summed E-state index contributed by atoms with van der Waals surface area (Å²) in [4.78, 5) is 33.3. The Morgan fingerprint density at radius 3 is 2.64 bits per heavy atom. The first-order chi connectivity index (χ1) is 13.3. The van der Waals surface area contributed by atoms with Gasteiger partial charge in [0.15, 0.2) is 0 Å². The van der Waals surface area contributed by atoms with Crippen LogP contribution < -0.4 is 4.90 Å². The van der Waals surface area contributed by atoms with Crippen LogP contribution in [0.25, 0.3) is 0 Å². The van der Waals surface area contributed by atoms with Crippen LogP contribution in [0, 0.1) is 5.41 Å². The molecule has 0 unspecified atom stereocenters. The molecule has 1 fully saturated rings. The Kier molecular flexibility index (Phi) is 3.50. The molecule has 1 aromatic carbocycles. The number of anilines is 1. The van der Waals surface area contributed by atoms with Crippen LogP contribution in [0.5, 0.6) is 0 Å². The van der Waals surface area contributed by atoms with Crippen molar-refractivity contribution in [2.45, 2.75) is 63.5 Å². The van der Waals surface area contributed by atoms with Crippen LogP contribution >= 0.6 is 0 Å². The van der Waals surface area contributed by atoms with Gasteiger partial charge < -0.3 is 4.74 Å². The molecule has 2 spiro atoms. The van der Waals surface area contributed by atoms with Crippen molar-refractivity contribution in [1.29, 1.82) is 0 Å². The number of carbonyl (C=O) groups is 2. The van der Waals surface area contributed by atoms with Gasteiger partial charge in [-0.1, -0.05) is 30.4 Å². The molecule has 0 N–H and O–H groups in total. The first kappa shape index (κ1) is 17.7. The zero-order chi connectivity index (χ0) is 19.7. The van der Waals surface area contributed by atoms with Gasteiger partial charge in [0.25, 0.3) is 0 Å². The van der Waals surface area contributed by atoms with E-state index in [1.165, 1.54) is 0 Å². The Morgan fingerprint density at radius 2 is 1.93 bits per heavy atom. The van der Waals surface area contributed by atoms with E-state index in [2.05, 4.69) is 18.2 Å². The second-order valence-corrected chi connectivity index (χ2v) is 9.42. The molecule has 0 aromatic heterocycles. The van der Waals surface area contributed by atoms with E-state index in [-0.39, 0.29) is 23.3 Å². The molecule has 146 valence electrons. The highest BCUT2D eigenvalue weighted by atomic mass is 16.6. The summed E-state index contributed by atoms with van der Waals surface area (Å²) in [7, 11) is 0.